The molecule has 120 valence electrons. The van der Waals surface area contributed by atoms with Crippen LogP contribution in [0.15, 0.2) is 45.9 Å². The maximum Gasteiger partial charge on any atom is 0.231 e. The second-order valence-electron chi connectivity index (χ2n) is 5.53. The molecule has 1 unspecified atom stereocenters. The van der Waals surface area contributed by atoms with E-state index in [4.69, 9.17) is 15.2 Å². The van der Waals surface area contributed by atoms with Crippen molar-refractivity contribution in [2.45, 2.75) is 6.17 Å². The molecule has 3 N–H and O–H groups in total. The fraction of sp³-hybridized carbons (Fsp3) is 0.125. The van der Waals surface area contributed by atoms with E-state index in [1.54, 1.807) is 0 Å². The van der Waals surface area contributed by atoms with Crippen molar-refractivity contribution in [1.29, 1.82) is 0 Å². The van der Waals surface area contributed by atoms with Crippen molar-refractivity contribution in [1.82, 2.24) is 9.55 Å². The van der Waals surface area contributed by atoms with Gasteiger partial charge in [-0.25, -0.2) is 9.98 Å². The molecule has 7 nitrogen and oxygen atoms in total. The number of guanidine groups is 1. The van der Waals surface area contributed by atoms with Crippen molar-refractivity contribution in [3.05, 3.63) is 46.4 Å². The van der Waals surface area contributed by atoms with Gasteiger partial charge < -0.3 is 15.2 Å². The minimum Gasteiger partial charge on any atom is -0.454 e. The minimum atomic E-state index is -0.350. The first-order chi connectivity index (χ1) is 11.7. The Kier molecular flexibility index (Phi) is 2.78. The van der Waals surface area contributed by atoms with Crippen LogP contribution in [0, 0.1) is 0 Å². The smallest absolute Gasteiger partial charge is 0.231 e. The third kappa shape index (κ3) is 1.89. The van der Waals surface area contributed by atoms with Crippen LogP contribution in [0.2, 0.25) is 0 Å². The van der Waals surface area contributed by atoms with E-state index in [2.05, 4.69) is 31.2 Å². The summed E-state index contributed by atoms with van der Waals surface area (Å²) in [6.07, 6.45) is -0.350. The molecule has 24 heavy (non-hydrogen) atoms. The van der Waals surface area contributed by atoms with E-state index in [9.17, 15) is 0 Å². The zero-order chi connectivity index (χ0) is 16.3. The summed E-state index contributed by atoms with van der Waals surface area (Å²) in [5.41, 5.74) is 8.76. The third-order valence-electron chi connectivity index (χ3n) is 4.11. The molecule has 0 amide bonds. The van der Waals surface area contributed by atoms with E-state index < -0.39 is 0 Å². The Balaban J connectivity index is 1.76. The predicted molar refractivity (Wildman–Crippen MR) is 93.4 cm³/mol. The lowest BCUT2D eigenvalue weighted by molar-refractivity contribution is 0.174. The van der Waals surface area contributed by atoms with Crippen molar-refractivity contribution in [2.75, 3.05) is 12.1 Å². The normalized spacial score (nSPS) is 18.2. The maximum absolute atomic E-state index is 5.98. The third-order valence-corrected chi connectivity index (χ3v) is 4.80. The molecule has 2 aliphatic rings. The van der Waals surface area contributed by atoms with Crippen LogP contribution in [0.4, 0.5) is 5.95 Å². The maximum atomic E-state index is 5.98. The van der Waals surface area contributed by atoms with E-state index in [1.807, 2.05) is 41.0 Å². The summed E-state index contributed by atoms with van der Waals surface area (Å²) in [7, 11) is 0. The summed E-state index contributed by atoms with van der Waals surface area (Å²) in [6.45, 7) is 0.224. The number of anilines is 1. The molecular weight excluding hydrogens is 374 g/mol. The number of aromatic nitrogens is 2. The number of imidazole rings is 1. The van der Waals surface area contributed by atoms with Gasteiger partial charge in [-0.2, -0.15) is 0 Å². The summed E-state index contributed by atoms with van der Waals surface area (Å²) in [6, 6.07) is 11.7. The number of para-hydroxylation sites is 2. The van der Waals surface area contributed by atoms with Crippen molar-refractivity contribution in [3.63, 3.8) is 0 Å². The molecule has 2 aliphatic heterocycles. The molecule has 0 saturated heterocycles. The van der Waals surface area contributed by atoms with Crippen LogP contribution in [0.5, 0.6) is 11.5 Å². The van der Waals surface area contributed by atoms with Crippen molar-refractivity contribution in [3.8, 4) is 11.5 Å². The summed E-state index contributed by atoms with van der Waals surface area (Å²) >= 11 is 3.61. The van der Waals surface area contributed by atoms with Gasteiger partial charge in [-0.1, -0.05) is 28.1 Å². The Labute approximate surface area is 145 Å². The number of hydrogen-bond donors (Lipinski definition) is 2. The molecule has 0 spiro atoms. The highest BCUT2D eigenvalue weighted by molar-refractivity contribution is 9.10. The number of halogens is 1. The van der Waals surface area contributed by atoms with Gasteiger partial charge in [-0.15, -0.1) is 0 Å². The minimum absolute atomic E-state index is 0.224. The average Bonchev–Trinajstić information content (AvgIpc) is 3.16. The number of hydrogen-bond acceptors (Lipinski definition) is 6. The summed E-state index contributed by atoms with van der Waals surface area (Å²) in [5, 5.41) is 3.03. The summed E-state index contributed by atoms with van der Waals surface area (Å²) in [4.78, 5) is 9.18. The molecule has 1 aromatic heterocycles. The monoisotopic (exact) mass is 385 g/mol. The Morgan fingerprint density at radius 3 is 2.88 bits per heavy atom. The van der Waals surface area contributed by atoms with Gasteiger partial charge in [0.1, 0.15) is 0 Å². The Morgan fingerprint density at radius 2 is 2.00 bits per heavy atom. The van der Waals surface area contributed by atoms with Gasteiger partial charge in [0.05, 0.1) is 11.0 Å². The summed E-state index contributed by atoms with van der Waals surface area (Å²) in [5.74, 6) is 2.41. The summed E-state index contributed by atoms with van der Waals surface area (Å²) < 4.78 is 13.8. The first kappa shape index (κ1) is 13.7. The molecule has 0 saturated carbocycles. The molecule has 8 heteroatoms. The van der Waals surface area contributed by atoms with Crippen LogP contribution in [-0.2, 0) is 0 Å². The van der Waals surface area contributed by atoms with Crippen molar-refractivity contribution < 1.29 is 9.47 Å². The van der Waals surface area contributed by atoms with Gasteiger partial charge in [-0.3, -0.25) is 9.88 Å². The van der Waals surface area contributed by atoms with Gasteiger partial charge >= 0.3 is 0 Å². The quantitative estimate of drug-likeness (QED) is 0.672. The number of benzene rings is 2. The lowest BCUT2D eigenvalue weighted by Crippen LogP contribution is -2.31. The van der Waals surface area contributed by atoms with E-state index in [-0.39, 0.29) is 13.0 Å². The molecule has 1 atom stereocenters. The van der Waals surface area contributed by atoms with Crippen LogP contribution < -0.4 is 20.5 Å². The molecule has 0 fully saturated rings. The molecule has 0 bridgehead atoms. The molecule has 0 aliphatic carbocycles. The molecule has 3 aromatic rings. The first-order valence-electron chi connectivity index (χ1n) is 7.37. The standard InChI is InChI=1S/C16H12BrN5O2/c17-9-6-13-12(23-7-24-13)5-8(9)14-20-15(18)21-16-19-10-3-1-2-4-11(10)22(14)16/h1-6,14H,7H2,(H3,18,19,20,21). The second-order valence-corrected chi connectivity index (χ2v) is 6.39. The molecule has 3 heterocycles. The first-order valence-corrected chi connectivity index (χ1v) is 8.16. The zero-order valence-electron chi connectivity index (χ0n) is 12.4. The van der Waals surface area contributed by atoms with E-state index in [0.717, 1.165) is 21.1 Å². The number of aliphatic imine (C=N–C) groups is 1. The van der Waals surface area contributed by atoms with Crippen LogP contribution in [-0.4, -0.2) is 22.3 Å². The van der Waals surface area contributed by atoms with E-state index >= 15 is 0 Å². The molecule has 2 aromatic carbocycles. The number of nitrogens with two attached hydrogens (primary N) is 1. The zero-order valence-corrected chi connectivity index (χ0v) is 13.9. The van der Waals surface area contributed by atoms with Gasteiger partial charge in [-0.05, 0) is 24.3 Å². The Bertz CT molecular complexity index is 1010. The van der Waals surface area contributed by atoms with E-state index in [0.29, 0.717) is 23.4 Å². The van der Waals surface area contributed by atoms with Gasteiger partial charge in [0.25, 0.3) is 0 Å². The van der Waals surface area contributed by atoms with Gasteiger partial charge in [0, 0.05) is 10.0 Å². The van der Waals surface area contributed by atoms with Crippen LogP contribution >= 0.6 is 15.9 Å². The van der Waals surface area contributed by atoms with Crippen LogP contribution in [0.1, 0.15) is 11.7 Å². The highest BCUT2D eigenvalue weighted by Crippen LogP contribution is 2.42. The SMILES string of the molecule is NC1=NC(c2cc3c(cc2Br)OCO3)n2c(nc3ccccc32)N1. The van der Waals surface area contributed by atoms with Crippen LogP contribution in [0.25, 0.3) is 11.0 Å². The fourth-order valence-electron chi connectivity index (χ4n) is 3.06. The lowest BCUT2D eigenvalue weighted by atomic mass is 10.1. The van der Waals surface area contributed by atoms with Gasteiger partial charge in [0.2, 0.25) is 12.7 Å². The fourth-order valence-corrected chi connectivity index (χ4v) is 3.58. The number of fused-ring (bicyclic) bond motifs is 4. The van der Waals surface area contributed by atoms with E-state index in [1.165, 1.54) is 0 Å². The average molecular weight is 386 g/mol. The number of nitrogens with one attached hydrogen (secondary N) is 1. The Hall–Kier alpha value is -2.74. The Morgan fingerprint density at radius 1 is 1.21 bits per heavy atom. The highest BCUT2D eigenvalue weighted by atomic mass is 79.9. The molecule has 5 rings (SSSR count). The largest absolute Gasteiger partial charge is 0.454 e. The van der Waals surface area contributed by atoms with Crippen molar-refractivity contribution in [2.24, 2.45) is 10.7 Å². The van der Waals surface area contributed by atoms with Crippen molar-refractivity contribution >= 4 is 38.9 Å². The lowest BCUT2D eigenvalue weighted by Gasteiger charge is -2.24. The highest BCUT2D eigenvalue weighted by Gasteiger charge is 2.28. The number of ether oxygens (including phenoxy) is 2. The van der Waals surface area contributed by atoms with Crippen LogP contribution in [0.3, 0.4) is 0 Å². The predicted octanol–water partition coefficient (Wildman–Crippen LogP) is 2.81. The van der Waals surface area contributed by atoms with Gasteiger partial charge in [0.15, 0.2) is 23.6 Å². The topological polar surface area (TPSA) is 86.7 Å². The molecular formula is C16H12BrN5O2. The second kappa shape index (κ2) is 4.88. The number of rotatable bonds is 1. The molecule has 0 radical (unpaired) electrons. The number of nitrogens with zero attached hydrogens (tertiary/aromatic N) is 3.